The van der Waals surface area contributed by atoms with Gasteiger partial charge < -0.3 is 15.2 Å². The van der Waals surface area contributed by atoms with Gasteiger partial charge in [0.25, 0.3) is 0 Å². The molecular weight excluding hydrogens is 547 g/mol. The molecule has 0 bridgehead atoms. The predicted molar refractivity (Wildman–Crippen MR) is 148 cm³/mol. The second kappa shape index (κ2) is 13.0. The highest BCUT2D eigenvalue weighted by atomic mass is 32.2. The van der Waals surface area contributed by atoms with Crippen molar-refractivity contribution in [2.45, 2.75) is 79.4 Å². The first-order valence-electron chi connectivity index (χ1n) is 12.8. The van der Waals surface area contributed by atoms with Crippen LogP contribution in [0.2, 0.25) is 0 Å². The number of aromatic nitrogens is 4. The Kier molecular flexibility index (Phi) is 10.5. The van der Waals surface area contributed by atoms with Crippen molar-refractivity contribution in [3.8, 4) is 0 Å². The fraction of sp³-hybridized carbons (Fsp3) is 0.708. The fourth-order valence-electron chi connectivity index (χ4n) is 3.85. The van der Waals surface area contributed by atoms with Gasteiger partial charge in [0.05, 0.1) is 31.7 Å². The van der Waals surface area contributed by atoms with Gasteiger partial charge in [0.1, 0.15) is 24.1 Å². The molecule has 3 rings (SSSR count). The number of hydrogen-bond donors (Lipinski definition) is 2. The van der Waals surface area contributed by atoms with E-state index in [1.54, 1.807) is 24.7 Å². The number of ether oxygens (including phenoxy) is 2. The van der Waals surface area contributed by atoms with Crippen molar-refractivity contribution in [3.05, 3.63) is 12.7 Å². The molecule has 1 aliphatic heterocycles. The van der Waals surface area contributed by atoms with E-state index in [9.17, 15) is 14.2 Å². The minimum absolute atomic E-state index is 0.0119. The molecular formula is C24H39N6O7PS. The van der Waals surface area contributed by atoms with Crippen molar-refractivity contribution < 1.29 is 32.7 Å². The number of anilines is 1. The summed E-state index contributed by atoms with van der Waals surface area (Å²) in [5, 5.41) is 2.65. The fourth-order valence-corrected chi connectivity index (χ4v) is 6.25. The third-order valence-corrected chi connectivity index (χ3v) is 8.75. The second-order valence-electron chi connectivity index (χ2n) is 10.8. The lowest BCUT2D eigenvalue weighted by Gasteiger charge is -2.24. The predicted octanol–water partition coefficient (Wildman–Crippen LogP) is 3.71. The van der Waals surface area contributed by atoms with Gasteiger partial charge in [-0.15, -0.1) is 0 Å². The standard InChI is InChI=1S/C24H39N6O7PS/c1-14(2)36-22(31)16(4)29-38(33,34-8-9-39-23(32)24(5,6)7)35-11-17-10-15(3)21(37-17)30-13-28-18-19(25)26-12-27-20(18)30/h12-17,21H,8-11H2,1-7H3,(H,29,33)(H2,25,26,27)/t15-,16?,17-,21+,38?/m0/s1. The molecule has 15 heteroatoms. The molecule has 0 aliphatic carbocycles. The van der Waals surface area contributed by atoms with Crippen LogP contribution in [-0.2, 0) is 32.7 Å². The summed E-state index contributed by atoms with van der Waals surface area (Å²) < 4.78 is 38.2. The van der Waals surface area contributed by atoms with E-state index in [0.29, 0.717) is 17.6 Å². The number of carbonyl (C=O) groups is 2. The van der Waals surface area contributed by atoms with Crippen molar-refractivity contribution >= 4 is 47.6 Å². The van der Waals surface area contributed by atoms with Crippen LogP contribution in [0.4, 0.5) is 5.82 Å². The molecule has 3 heterocycles. The molecule has 5 atom stereocenters. The molecule has 39 heavy (non-hydrogen) atoms. The minimum atomic E-state index is -3.98. The molecule has 1 saturated heterocycles. The zero-order valence-electron chi connectivity index (χ0n) is 23.4. The lowest BCUT2D eigenvalue weighted by molar-refractivity contribution is -0.149. The summed E-state index contributed by atoms with van der Waals surface area (Å²) in [4.78, 5) is 37.1. The van der Waals surface area contributed by atoms with Gasteiger partial charge in [-0.05, 0) is 27.2 Å². The molecule has 0 amide bonds. The second-order valence-corrected chi connectivity index (χ2v) is 13.6. The molecule has 0 radical (unpaired) electrons. The van der Waals surface area contributed by atoms with E-state index in [-0.39, 0.29) is 41.9 Å². The van der Waals surface area contributed by atoms with Crippen LogP contribution in [0.3, 0.4) is 0 Å². The zero-order valence-corrected chi connectivity index (χ0v) is 25.2. The molecule has 2 aromatic heterocycles. The summed E-state index contributed by atoms with van der Waals surface area (Å²) >= 11 is 1.09. The molecule has 1 fully saturated rings. The molecule has 13 nitrogen and oxygen atoms in total. The number of carbonyl (C=O) groups excluding carboxylic acids is 2. The summed E-state index contributed by atoms with van der Waals surface area (Å²) in [7, 11) is -3.98. The Balaban J connectivity index is 1.65. The normalized spacial score (nSPS) is 22.2. The third-order valence-electron chi connectivity index (χ3n) is 5.79. The highest BCUT2D eigenvalue weighted by Crippen LogP contribution is 2.46. The summed E-state index contributed by atoms with van der Waals surface area (Å²) in [6, 6.07) is -0.958. The van der Waals surface area contributed by atoms with Crippen molar-refractivity contribution in [2.75, 3.05) is 24.7 Å². The molecule has 0 saturated carbocycles. The Bertz CT molecular complexity index is 1200. The Labute approximate surface area is 232 Å². The van der Waals surface area contributed by atoms with E-state index in [4.69, 9.17) is 24.3 Å². The lowest BCUT2D eigenvalue weighted by atomic mass is 10.00. The van der Waals surface area contributed by atoms with E-state index < -0.39 is 37.5 Å². The Morgan fingerprint density at radius 3 is 2.64 bits per heavy atom. The molecule has 0 spiro atoms. The Hall–Kier alpha value is -2.09. The molecule has 3 N–H and O–H groups in total. The molecule has 2 aromatic rings. The highest BCUT2D eigenvalue weighted by Gasteiger charge is 2.38. The van der Waals surface area contributed by atoms with Crippen molar-refractivity contribution in [1.82, 2.24) is 24.6 Å². The maximum absolute atomic E-state index is 13.7. The molecule has 1 aliphatic rings. The number of hydrogen-bond acceptors (Lipinski definition) is 12. The lowest BCUT2D eigenvalue weighted by Crippen LogP contribution is -2.36. The minimum Gasteiger partial charge on any atom is -0.462 e. The summed E-state index contributed by atoms with van der Waals surface area (Å²) in [6.07, 6.45) is 2.42. The van der Waals surface area contributed by atoms with Crippen LogP contribution in [0.15, 0.2) is 12.7 Å². The average molecular weight is 587 g/mol. The number of nitrogens with zero attached hydrogens (tertiary/aromatic N) is 4. The quantitative estimate of drug-likeness (QED) is 0.210. The van der Waals surface area contributed by atoms with Gasteiger partial charge >= 0.3 is 13.7 Å². The number of nitrogen functional groups attached to an aromatic ring is 1. The summed E-state index contributed by atoms with van der Waals surface area (Å²) in [5.41, 5.74) is 6.44. The average Bonchev–Trinajstić information content (AvgIpc) is 3.43. The van der Waals surface area contributed by atoms with Crippen LogP contribution in [0.5, 0.6) is 0 Å². The summed E-state index contributed by atoms with van der Waals surface area (Å²) in [6.45, 7) is 12.4. The number of imidazole rings is 1. The van der Waals surface area contributed by atoms with Gasteiger partial charge in [-0.3, -0.25) is 23.2 Å². The van der Waals surface area contributed by atoms with Crippen molar-refractivity contribution in [1.29, 1.82) is 0 Å². The first-order valence-corrected chi connectivity index (χ1v) is 15.4. The molecule has 0 aromatic carbocycles. The SMILES string of the molecule is CC(C)OC(=O)C(C)NP(=O)(OCCSC(=O)C(C)(C)C)OC[C@@H]1C[C@H](C)[C@H](n2cnc3c(N)ncnc32)O1. The van der Waals surface area contributed by atoms with Gasteiger partial charge in [-0.2, -0.15) is 0 Å². The van der Waals surface area contributed by atoms with Crippen LogP contribution in [0.1, 0.15) is 61.1 Å². The highest BCUT2D eigenvalue weighted by molar-refractivity contribution is 8.13. The van der Waals surface area contributed by atoms with Gasteiger partial charge in [-0.25, -0.2) is 24.6 Å². The first-order chi connectivity index (χ1) is 18.2. The van der Waals surface area contributed by atoms with Crippen LogP contribution < -0.4 is 10.8 Å². The number of esters is 1. The Morgan fingerprint density at radius 2 is 1.97 bits per heavy atom. The maximum Gasteiger partial charge on any atom is 0.406 e. The van der Waals surface area contributed by atoms with Crippen LogP contribution in [0, 0.1) is 11.3 Å². The maximum atomic E-state index is 13.7. The Morgan fingerprint density at radius 1 is 1.26 bits per heavy atom. The summed E-state index contributed by atoms with van der Waals surface area (Å²) in [5.74, 6) is 0.0168. The van der Waals surface area contributed by atoms with E-state index in [2.05, 4.69) is 20.0 Å². The van der Waals surface area contributed by atoms with Crippen LogP contribution in [0.25, 0.3) is 11.2 Å². The topological polar surface area (TPSA) is 170 Å². The largest absolute Gasteiger partial charge is 0.462 e. The first kappa shape index (κ1) is 31.4. The smallest absolute Gasteiger partial charge is 0.406 e. The molecule has 218 valence electrons. The van der Waals surface area contributed by atoms with E-state index >= 15 is 0 Å². The number of thioether (sulfide) groups is 1. The van der Waals surface area contributed by atoms with Crippen molar-refractivity contribution in [3.63, 3.8) is 0 Å². The number of nitrogens with one attached hydrogen (secondary N) is 1. The monoisotopic (exact) mass is 586 g/mol. The van der Waals surface area contributed by atoms with Crippen LogP contribution >= 0.6 is 19.5 Å². The third kappa shape index (κ3) is 8.45. The van der Waals surface area contributed by atoms with E-state index in [1.807, 2.05) is 27.7 Å². The van der Waals surface area contributed by atoms with E-state index in [0.717, 1.165) is 11.8 Å². The van der Waals surface area contributed by atoms with Gasteiger partial charge in [0.2, 0.25) is 0 Å². The number of rotatable bonds is 12. The van der Waals surface area contributed by atoms with Gasteiger partial charge in [0.15, 0.2) is 16.6 Å². The van der Waals surface area contributed by atoms with E-state index in [1.165, 1.54) is 13.3 Å². The zero-order chi connectivity index (χ0) is 29.0. The van der Waals surface area contributed by atoms with Crippen LogP contribution in [-0.4, -0.2) is 67.8 Å². The van der Waals surface area contributed by atoms with Gasteiger partial charge in [0, 0.05) is 17.1 Å². The van der Waals surface area contributed by atoms with Crippen molar-refractivity contribution in [2.24, 2.45) is 11.3 Å². The number of nitrogens with two attached hydrogens (primary N) is 1. The molecule has 2 unspecified atom stereocenters. The van der Waals surface area contributed by atoms with Gasteiger partial charge in [-0.1, -0.05) is 39.5 Å². The number of fused-ring (bicyclic) bond motifs is 1.